The van der Waals surface area contributed by atoms with Gasteiger partial charge in [-0.05, 0) is 48.2 Å². The monoisotopic (exact) mass is 511 g/mol. The lowest BCUT2D eigenvalue weighted by atomic mass is 10.1. The fourth-order valence-corrected chi connectivity index (χ4v) is 3.07. The first kappa shape index (κ1) is 23.1. The normalized spacial score (nSPS) is 13.1. The number of benzene rings is 2. The molecular formula is C22H30IN3O3. The summed E-state index contributed by atoms with van der Waals surface area (Å²) in [5, 5.41) is 6.70. The first-order valence-electron chi connectivity index (χ1n) is 9.66. The topological polar surface area (TPSA) is 64.1 Å². The average molecular weight is 511 g/mol. The largest absolute Gasteiger partial charge is 0.496 e. The molecule has 2 N–H and O–H groups in total. The lowest BCUT2D eigenvalue weighted by Gasteiger charge is -2.14. The predicted octanol–water partition coefficient (Wildman–Crippen LogP) is 3.69. The van der Waals surface area contributed by atoms with Gasteiger partial charge in [0.1, 0.15) is 5.75 Å². The molecule has 0 amide bonds. The maximum Gasteiger partial charge on any atom is 0.191 e. The van der Waals surface area contributed by atoms with E-state index in [0.717, 1.165) is 53.7 Å². The minimum Gasteiger partial charge on any atom is -0.496 e. The fraction of sp³-hybridized carbons (Fsp3) is 0.409. The summed E-state index contributed by atoms with van der Waals surface area (Å²) in [7, 11) is 3.48. The Bertz CT molecular complexity index is 827. The maximum atomic E-state index is 5.75. The summed E-state index contributed by atoms with van der Waals surface area (Å²) in [6, 6.07) is 12.4. The zero-order valence-electron chi connectivity index (χ0n) is 17.3. The molecule has 0 aromatic heterocycles. The minimum atomic E-state index is 0. The van der Waals surface area contributed by atoms with Crippen LogP contribution in [0.5, 0.6) is 17.2 Å². The van der Waals surface area contributed by atoms with Crippen molar-refractivity contribution < 1.29 is 14.2 Å². The van der Waals surface area contributed by atoms with Gasteiger partial charge in [0.25, 0.3) is 0 Å². The molecule has 0 fully saturated rings. The molecule has 0 unspecified atom stereocenters. The van der Waals surface area contributed by atoms with Crippen LogP contribution in [0.1, 0.15) is 23.1 Å². The SMILES string of the molecule is CN=C(NCCc1ccc(C)c(OC)c1)NCc1ccc2c(c1)OCCCO2.I. The summed E-state index contributed by atoms with van der Waals surface area (Å²) in [6.45, 7) is 4.89. The number of ether oxygens (including phenoxy) is 3. The van der Waals surface area contributed by atoms with Gasteiger partial charge in [0.05, 0.1) is 20.3 Å². The Balaban J connectivity index is 0.00000300. The second-order valence-electron chi connectivity index (χ2n) is 6.74. The number of rotatable bonds is 6. The summed E-state index contributed by atoms with van der Waals surface area (Å²) < 4.78 is 16.8. The molecule has 2 aromatic rings. The van der Waals surface area contributed by atoms with Gasteiger partial charge >= 0.3 is 0 Å². The van der Waals surface area contributed by atoms with Gasteiger partial charge in [0.15, 0.2) is 17.5 Å². The number of methoxy groups -OCH3 is 1. The zero-order valence-corrected chi connectivity index (χ0v) is 19.6. The number of hydrogen-bond donors (Lipinski definition) is 2. The van der Waals surface area contributed by atoms with Crippen molar-refractivity contribution in [2.75, 3.05) is 33.9 Å². The van der Waals surface area contributed by atoms with Crippen LogP contribution in [-0.4, -0.2) is 39.9 Å². The molecule has 1 aliphatic heterocycles. The van der Waals surface area contributed by atoms with Crippen LogP contribution in [0, 0.1) is 6.92 Å². The van der Waals surface area contributed by atoms with Crippen molar-refractivity contribution in [1.82, 2.24) is 10.6 Å². The van der Waals surface area contributed by atoms with E-state index in [1.807, 2.05) is 25.1 Å². The van der Waals surface area contributed by atoms with Crippen LogP contribution in [0.3, 0.4) is 0 Å². The minimum absolute atomic E-state index is 0. The summed E-state index contributed by atoms with van der Waals surface area (Å²) >= 11 is 0. The van der Waals surface area contributed by atoms with Crippen molar-refractivity contribution in [1.29, 1.82) is 0 Å². The number of aryl methyl sites for hydroxylation is 1. The average Bonchev–Trinajstić information content (AvgIpc) is 2.96. The quantitative estimate of drug-likeness (QED) is 0.352. The number of guanidine groups is 1. The van der Waals surface area contributed by atoms with E-state index < -0.39 is 0 Å². The molecule has 0 saturated heterocycles. The standard InChI is InChI=1S/C22H29N3O3.HI/c1-16-5-6-17(13-20(16)26-3)9-10-24-22(23-2)25-15-18-7-8-19-21(14-18)28-12-4-11-27-19;/h5-8,13-14H,4,9-12,15H2,1-3H3,(H2,23,24,25);1H. The van der Waals surface area contributed by atoms with E-state index in [1.54, 1.807) is 14.2 Å². The van der Waals surface area contributed by atoms with E-state index in [9.17, 15) is 0 Å². The fourth-order valence-electron chi connectivity index (χ4n) is 3.07. The lowest BCUT2D eigenvalue weighted by molar-refractivity contribution is 0.297. The molecule has 2 aromatic carbocycles. The summed E-state index contributed by atoms with van der Waals surface area (Å²) in [5.74, 6) is 3.32. The summed E-state index contributed by atoms with van der Waals surface area (Å²) in [5.41, 5.74) is 3.50. The third-order valence-corrected chi connectivity index (χ3v) is 4.67. The summed E-state index contributed by atoms with van der Waals surface area (Å²) in [4.78, 5) is 4.30. The highest BCUT2D eigenvalue weighted by Gasteiger charge is 2.10. The van der Waals surface area contributed by atoms with Gasteiger partial charge in [-0.1, -0.05) is 18.2 Å². The van der Waals surface area contributed by atoms with Crippen LogP contribution < -0.4 is 24.8 Å². The van der Waals surface area contributed by atoms with Crippen LogP contribution in [-0.2, 0) is 13.0 Å². The molecule has 0 saturated carbocycles. The van der Waals surface area contributed by atoms with E-state index >= 15 is 0 Å². The smallest absolute Gasteiger partial charge is 0.191 e. The van der Waals surface area contributed by atoms with Crippen LogP contribution in [0.4, 0.5) is 0 Å². The van der Waals surface area contributed by atoms with Crippen LogP contribution >= 0.6 is 24.0 Å². The van der Waals surface area contributed by atoms with E-state index in [1.165, 1.54) is 5.56 Å². The van der Waals surface area contributed by atoms with Gasteiger partial charge in [0, 0.05) is 26.6 Å². The molecule has 6 nitrogen and oxygen atoms in total. The molecule has 158 valence electrons. The first-order chi connectivity index (χ1) is 13.7. The molecule has 1 heterocycles. The second kappa shape index (κ2) is 11.7. The Labute approximate surface area is 190 Å². The van der Waals surface area contributed by atoms with Crippen molar-refractivity contribution in [3.05, 3.63) is 53.1 Å². The number of nitrogens with one attached hydrogen (secondary N) is 2. The van der Waals surface area contributed by atoms with Crippen molar-refractivity contribution in [2.24, 2.45) is 4.99 Å². The number of nitrogens with zero attached hydrogens (tertiary/aromatic N) is 1. The van der Waals surface area contributed by atoms with Gasteiger partial charge in [-0.15, -0.1) is 24.0 Å². The first-order valence-corrected chi connectivity index (χ1v) is 9.66. The second-order valence-corrected chi connectivity index (χ2v) is 6.74. The molecule has 0 bridgehead atoms. The number of hydrogen-bond acceptors (Lipinski definition) is 4. The van der Waals surface area contributed by atoms with Gasteiger partial charge < -0.3 is 24.8 Å². The highest BCUT2D eigenvalue weighted by atomic mass is 127. The van der Waals surface area contributed by atoms with Gasteiger partial charge in [0.2, 0.25) is 0 Å². The van der Waals surface area contributed by atoms with Crippen molar-refractivity contribution in [2.45, 2.75) is 26.3 Å². The van der Waals surface area contributed by atoms with Crippen molar-refractivity contribution >= 4 is 29.9 Å². The third kappa shape index (κ3) is 6.69. The molecule has 7 heteroatoms. The zero-order chi connectivity index (χ0) is 19.8. The van der Waals surface area contributed by atoms with Crippen LogP contribution in [0.25, 0.3) is 0 Å². The third-order valence-electron chi connectivity index (χ3n) is 4.67. The van der Waals surface area contributed by atoms with Crippen LogP contribution in [0.2, 0.25) is 0 Å². The van der Waals surface area contributed by atoms with Crippen molar-refractivity contribution in [3.8, 4) is 17.2 Å². The van der Waals surface area contributed by atoms with Crippen LogP contribution in [0.15, 0.2) is 41.4 Å². The molecule has 1 aliphatic rings. The predicted molar refractivity (Wildman–Crippen MR) is 127 cm³/mol. The number of fused-ring (bicyclic) bond motifs is 1. The summed E-state index contributed by atoms with van der Waals surface area (Å²) in [6.07, 6.45) is 1.80. The van der Waals surface area contributed by atoms with E-state index in [-0.39, 0.29) is 24.0 Å². The van der Waals surface area contributed by atoms with E-state index in [2.05, 4.69) is 33.8 Å². The molecule has 0 aliphatic carbocycles. The molecular weight excluding hydrogens is 481 g/mol. The number of aliphatic imine (C=N–C) groups is 1. The Morgan fingerprint density at radius 2 is 1.79 bits per heavy atom. The Kier molecular flexibility index (Phi) is 9.37. The van der Waals surface area contributed by atoms with Crippen molar-refractivity contribution in [3.63, 3.8) is 0 Å². The molecule has 0 spiro atoms. The lowest BCUT2D eigenvalue weighted by Crippen LogP contribution is -2.37. The maximum absolute atomic E-state index is 5.75. The highest BCUT2D eigenvalue weighted by Crippen LogP contribution is 2.30. The van der Waals surface area contributed by atoms with Gasteiger partial charge in [-0.3, -0.25) is 4.99 Å². The van der Waals surface area contributed by atoms with E-state index in [0.29, 0.717) is 19.8 Å². The molecule has 3 rings (SSSR count). The van der Waals surface area contributed by atoms with Gasteiger partial charge in [-0.2, -0.15) is 0 Å². The molecule has 0 atom stereocenters. The van der Waals surface area contributed by atoms with Gasteiger partial charge in [-0.25, -0.2) is 0 Å². The Morgan fingerprint density at radius 3 is 2.55 bits per heavy atom. The highest BCUT2D eigenvalue weighted by molar-refractivity contribution is 14.0. The molecule has 29 heavy (non-hydrogen) atoms. The number of halogens is 1. The Hall–Kier alpha value is -2.16. The Morgan fingerprint density at radius 1 is 1.03 bits per heavy atom. The molecule has 0 radical (unpaired) electrons. The van der Waals surface area contributed by atoms with E-state index in [4.69, 9.17) is 14.2 Å².